The van der Waals surface area contributed by atoms with E-state index < -0.39 is 0 Å². The van der Waals surface area contributed by atoms with Crippen molar-refractivity contribution in [1.82, 2.24) is 5.32 Å². The molecular weight excluding hydrogens is 226 g/mol. The minimum atomic E-state index is 0.263. The maximum atomic E-state index is 5.90. The first kappa shape index (κ1) is 14.0. The van der Waals surface area contributed by atoms with E-state index in [0.29, 0.717) is 24.7 Å². The molecule has 0 radical (unpaired) electrons. The van der Waals surface area contributed by atoms with Crippen LogP contribution >= 0.6 is 0 Å². The fourth-order valence-corrected chi connectivity index (χ4v) is 3.47. The lowest BCUT2D eigenvalue weighted by molar-refractivity contribution is -0.192. The van der Waals surface area contributed by atoms with Gasteiger partial charge in [0.15, 0.2) is 0 Å². The lowest BCUT2D eigenvalue weighted by atomic mass is 9.55. The third-order valence-corrected chi connectivity index (χ3v) is 4.29. The highest BCUT2D eigenvalue weighted by atomic mass is 16.5. The van der Waals surface area contributed by atoms with Crippen LogP contribution in [0.5, 0.6) is 0 Å². The zero-order valence-corrected chi connectivity index (χ0v) is 12.0. The van der Waals surface area contributed by atoms with Gasteiger partial charge >= 0.3 is 0 Å². The Morgan fingerprint density at radius 1 is 1.50 bits per heavy atom. The van der Waals surface area contributed by atoms with E-state index in [1.165, 1.54) is 12.8 Å². The average molecular weight is 253 g/mol. The Balaban J connectivity index is 1.70. The van der Waals surface area contributed by atoms with Crippen molar-refractivity contribution in [2.24, 2.45) is 11.3 Å². The van der Waals surface area contributed by atoms with Crippen LogP contribution in [0.15, 0.2) is 12.2 Å². The van der Waals surface area contributed by atoms with Gasteiger partial charge in [-0.2, -0.15) is 0 Å². The average Bonchev–Trinajstić information content (AvgIpc) is 2.33. The summed E-state index contributed by atoms with van der Waals surface area (Å²) in [5.74, 6) is 0.704. The highest BCUT2D eigenvalue weighted by Gasteiger charge is 2.57. The van der Waals surface area contributed by atoms with Gasteiger partial charge in [0.1, 0.15) is 0 Å². The molecule has 1 saturated carbocycles. The summed E-state index contributed by atoms with van der Waals surface area (Å²) in [5, 5.41) is 3.65. The predicted molar refractivity (Wildman–Crippen MR) is 73.7 cm³/mol. The Bertz CT molecular complexity index is 301. The van der Waals surface area contributed by atoms with Gasteiger partial charge in [0.2, 0.25) is 0 Å². The van der Waals surface area contributed by atoms with Crippen molar-refractivity contribution in [2.45, 2.75) is 45.8 Å². The summed E-state index contributed by atoms with van der Waals surface area (Å²) in [6.07, 6.45) is 2.97. The lowest BCUT2D eigenvalue weighted by Crippen LogP contribution is -2.69. The number of nitrogens with one attached hydrogen (secondary N) is 1. The molecule has 1 N–H and O–H groups in total. The van der Waals surface area contributed by atoms with Crippen molar-refractivity contribution in [3.05, 3.63) is 12.2 Å². The molecule has 2 rings (SSSR count). The third kappa shape index (κ3) is 2.79. The van der Waals surface area contributed by atoms with Crippen molar-refractivity contribution in [1.29, 1.82) is 0 Å². The summed E-state index contributed by atoms with van der Waals surface area (Å²) in [5.41, 5.74) is 1.35. The van der Waals surface area contributed by atoms with Crippen LogP contribution in [-0.4, -0.2) is 38.5 Å². The highest BCUT2D eigenvalue weighted by molar-refractivity contribution is 5.10. The Morgan fingerprint density at radius 2 is 2.28 bits per heavy atom. The molecule has 0 aromatic heterocycles. The van der Waals surface area contributed by atoms with Crippen LogP contribution in [0.25, 0.3) is 0 Å². The second kappa shape index (κ2) is 5.72. The quantitative estimate of drug-likeness (QED) is 0.582. The fraction of sp³-hybridized carbons (Fsp3) is 0.867. The first-order valence-electron chi connectivity index (χ1n) is 7.10. The molecule has 0 amide bonds. The molecule has 3 heteroatoms. The number of fused-ring (bicyclic) bond motifs is 1. The van der Waals surface area contributed by atoms with Crippen LogP contribution in [-0.2, 0) is 9.47 Å². The molecule has 3 unspecified atom stereocenters. The lowest BCUT2D eigenvalue weighted by Gasteiger charge is -2.60. The third-order valence-electron chi connectivity index (χ3n) is 4.29. The number of hydrogen-bond donors (Lipinski definition) is 1. The number of rotatable bonds is 6. The summed E-state index contributed by atoms with van der Waals surface area (Å²) in [4.78, 5) is 0. The minimum absolute atomic E-state index is 0.263. The SMILES string of the molecule is C=C(C)COCCNC1C2CCCOC2C1(C)C. The van der Waals surface area contributed by atoms with Crippen molar-refractivity contribution in [3.63, 3.8) is 0 Å². The molecule has 3 nitrogen and oxygen atoms in total. The van der Waals surface area contributed by atoms with Crippen molar-refractivity contribution < 1.29 is 9.47 Å². The standard InChI is InChI=1S/C15H27NO2/c1-11(2)10-17-9-7-16-13-12-6-5-8-18-14(12)15(13,3)4/h12-14,16H,1,5-10H2,2-4H3. The molecule has 1 saturated heterocycles. The van der Waals surface area contributed by atoms with E-state index in [4.69, 9.17) is 9.47 Å². The molecule has 104 valence electrons. The fourth-order valence-electron chi connectivity index (χ4n) is 3.47. The molecule has 0 bridgehead atoms. The first-order valence-corrected chi connectivity index (χ1v) is 7.10. The second-order valence-electron chi connectivity index (χ2n) is 6.36. The smallest absolute Gasteiger partial charge is 0.0684 e. The molecule has 1 heterocycles. The van der Waals surface area contributed by atoms with E-state index in [0.717, 1.165) is 25.3 Å². The predicted octanol–water partition coefficient (Wildman–Crippen LogP) is 2.37. The topological polar surface area (TPSA) is 30.5 Å². The zero-order valence-electron chi connectivity index (χ0n) is 12.0. The Kier molecular flexibility index (Phi) is 4.46. The van der Waals surface area contributed by atoms with Gasteiger partial charge in [0.25, 0.3) is 0 Å². The van der Waals surface area contributed by atoms with Crippen LogP contribution < -0.4 is 5.32 Å². The number of hydrogen-bond acceptors (Lipinski definition) is 3. The van der Waals surface area contributed by atoms with Gasteiger partial charge < -0.3 is 14.8 Å². The van der Waals surface area contributed by atoms with E-state index >= 15 is 0 Å². The van der Waals surface area contributed by atoms with Crippen LogP contribution in [0, 0.1) is 11.3 Å². The molecule has 2 fully saturated rings. The van der Waals surface area contributed by atoms with E-state index in [2.05, 4.69) is 25.7 Å². The zero-order chi connectivity index (χ0) is 13.2. The molecule has 0 spiro atoms. The Hall–Kier alpha value is -0.380. The van der Waals surface area contributed by atoms with E-state index in [-0.39, 0.29) is 5.41 Å². The molecule has 18 heavy (non-hydrogen) atoms. The van der Waals surface area contributed by atoms with Gasteiger partial charge in [-0.05, 0) is 19.8 Å². The van der Waals surface area contributed by atoms with Crippen LogP contribution in [0.3, 0.4) is 0 Å². The van der Waals surface area contributed by atoms with E-state index in [9.17, 15) is 0 Å². The highest BCUT2D eigenvalue weighted by Crippen LogP contribution is 2.51. The molecular formula is C15H27NO2. The van der Waals surface area contributed by atoms with Crippen LogP contribution in [0.4, 0.5) is 0 Å². The normalized spacial score (nSPS) is 33.6. The van der Waals surface area contributed by atoms with Gasteiger partial charge in [-0.25, -0.2) is 0 Å². The van der Waals surface area contributed by atoms with E-state index in [1.807, 2.05) is 6.92 Å². The second-order valence-corrected chi connectivity index (χ2v) is 6.36. The monoisotopic (exact) mass is 253 g/mol. The summed E-state index contributed by atoms with van der Waals surface area (Å²) in [6, 6.07) is 0.580. The Labute approximate surface area is 111 Å². The molecule has 0 aromatic rings. The maximum Gasteiger partial charge on any atom is 0.0684 e. The van der Waals surface area contributed by atoms with Crippen molar-refractivity contribution in [3.8, 4) is 0 Å². The number of ether oxygens (including phenoxy) is 2. The molecule has 2 aliphatic rings. The molecule has 1 aliphatic heterocycles. The maximum absolute atomic E-state index is 5.90. The summed E-state index contributed by atoms with van der Waals surface area (Å²) in [7, 11) is 0. The largest absolute Gasteiger partial charge is 0.377 e. The Morgan fingerprint density at radius 3 is 3.00 bits per heavy atom. The van der Waals surface area contributed by atoms with Gasteiger partial charge in [-0.15, -0.1) is 0 Å². The molecule has 3 atom stereocenters. The first-order chi connectivity index (χ1) is 8.53. The van der Waals surface area contributed by atoms with Gasteiger partial charge in [0, 0.05) is 30.5 Å². The summed E-state index contributed by atoms with van der Waals surface area (Å²) < 4.78 is 11.4. The van der Waals surface area contributed by atoms with Crippen LogP contribution in [0.1, 0.15) is 33.6 Å². The summed E-state index contributed by atoms with van der Waals surface area (Å²) >= 11 is 0. The molecule has 0 aromatic carbocycles. The minimum Gasteiger partial charge on any atom is -0.377 e. The van der Waals surface area contributed by atoms with Gasteiger partial charge in [0.05, 0.1) is 19.3 Å². The molecule has 1 aliphatic carbocycles. The van der Waals surface area contributed by atoms with E-state index in [1.54, 1.807) is 0 Å². The van der Waals surface area contributed by atoms with Crippen molar-refractivity contribution >= 4 is 0 Å². The van der Waals surface area contributed by atoms with Gasteiger partial charge in [-0.3, -0.25) is 0 Å². The van der Waals surface area contributed by atoms with Crippen molar-refractivity contribution in [2.75, 3.05) is 26.4 Å². The van der Waals surface area contributed by atoms with Crippen LogP contribution in [0.2, 0.25) is 0 Å². The van der Waals surface area contributed by atoms with Gasteiger partial charge in [-0.1, -0.05) is 26.0 Å². The summed E-state index contributed by atoms with van der Waals surface area (Å²) in [6.45, 7) is 13.7.